The SMILES string of the molecule is C[C@@H](CC(=O)O)NC(=O)[C@@H]1CCCC[C@@H]1CNC(=O)OCC1c2ccccc2-c2ccccc21. The molecule has 7 nitrogen and oxygen atoms in total. The summed E-state index contributed by atoms with van der Waals surface area (Å²) in [6.45, 7) is 2.31. The quantitative estimate of drug-likeness (QED) is 0.540. The van der Waals surface area contributed by atoms with Gasteiger partial charge in [-0.15, -0.1) is 0 Å². The van der Waals surface area contributed by atoms with Crippen molar-refractivity contribution in [2.75, 3.05) is 13.2 Å². The van der Waals surface area contributed by atoms with Crippen LogP contribution in [0, 0.1) is 11.8 Å². The van der Waals surface area contributed by atoms with Crippen molar-refractivity contribution in [2.24, 2.45) is 11.8 Å². The van der Waals surface area contributed by atoms with Crippen molar-refractivity contribution in [3.8, 4) is 11.1 Å². The molecule has 3 atom stereocenters. The number of carbonyl (C=O) groups is 3. The van der Waals surface area contributed by atoms with Crippen molar-refractivity contribution in [2.45, 2.75) is 51.0 Å². The summed E-state index contributed by atoms with van der Waals surface area (Å²) in [5.41, 5.74) is 4.69. The zero-order valence-electron chi connectivity index (χ0n) is 19.5. The van der Waals surface area contributed by atoms with Crippen molar-refractivity contribution in [3.05, 3.63) is 59.7 Å². The van der Waals surface area contributed by atoms with Gasteiger partial charge >= 0.3 is 12.1 Å². The van der Waals surface area contributed by atoms with Crippen molar-refractivity contribution in [1.29, 1.82) is 0 Å². The van der Waals surface area contributed by atoms with Crippen LogP contribution in [0.15, 0.2) is 48.5 Å². The molecule has 1 saturated carbocycles. The van der Waals surface area contributed by atoms with E-state index in [-0.39, 0.29) is 36.7 Å². The van der Waals surface area contributed by atoms with Gasteiger partial charge < -0.3 is 20.5 Å². The van der Waals surface area contributed by atoms with Gasteiger partial charge in [-0.2, -0.15) is 0 Å². The maximum atomic E-state index is 12.7. The third-order valence-electron chi connectivity index (χ3n) is 6.97. The Morgan fingerprint density at radius 2 is 1.62 bits per heavy atom. The molecule has 2 aliphatic carbocycles. The second-order valence-electron chi connectivity index (χ2n) is 9.36. The molecule has 34 heavy (non-hydrogen) atoms. The fourth-order valence-electron chi connectivity index (χ4n) is 5.32. The van der Waals surface area contributed by atoms with Crippen LogP contribution in [0.2, 0.25) is 0 Å². The average molecular weight is 465 g/mol. The van der Waals surface area contributed by atoms with Crippen LogP contribution in [0.25, 0.3) is 11.1 Å². The molecule has 2 amide bonds. The summed E-state index contributed by atoms with van der Waals surface area (Å²) in [7, 11) is 0. The molecule has 0 spiro atoms. The van der Waals surface area contributed by atoms with Gasteiger partial charge in [0.15, 0.2) is 0 Å². The van der Waals surface area contributed by atoms with Crippen LogP contribution in [-0.2, 0) is 14.3 Å². The molecule has 3 N–H and O–H groups in total. The van der Waals surface area contributed by atoms with E-state index in [1.54, 1.807) is 6.92 Å². The van der Waals surface area contributed by atoms with Crippen LogP contribution in [0.1, 0.15) is 56.1 Å². The lowest BCUT2D eigenvalue weighted by molar-refractivity contribution is -0.137. The van der Waals surface area contributed by atoms with E-state index in [1.165, 1.54) is 11.1 Å². The van der Waals surface area contributed by atoms with Crippen LogP contribution in [0.5, 0.6) is 0 Å². The number of carbonyl (C=O) groups excluding carboxylic acids is 2. The van der Waals surface area contributed by atoms with E-state index in [2.05, 4.69) is 34.9 Å². The number of fused-ring (bicyclic) bond motifs is 3. The Balaban J connectivity index is 1.31. The standard InChI is InChI=1S/C27H32N2O5/c1-17(14-25(30)31)29-26(32)19-9-3-2-8-18(19)15-28-27(33)34-16-24-22-12-6-4-10-20(22)21-11-5-7-13-23(21)24/h4-7,10-13,17-19,24H,2-3,8-9,14-16H2,1H3,(H,28,33)(H,29,32)(H,30,31)/t17-,18+,19+/m0/s1. The normalized spacial score (nSPS) is 20.0. The fraction of sp³-hybridized carbons (Fsp3) is 0.444. The van der Waals surface area contributed by atoms with E-state index >= 15 is 0 Å². The number of carboxylic acids is 1. The zero-order chi connectivity index (χ0) is 24.1. The van der Waals surface area contributed by atoms with Gasteiger partial charge in [-0.3, -0.25) is 9.59 Å². The number of aliphatic carboxylic acids is 1. The first-order chi connectivity index (χ1) is 16.4. The lowest BCUT2D eigenvalue weighted by Gasteiger charge is -2.31. The predicted molar refractivity (Wildman–Crippen MR) is 128 cm³/mol. The van der Waals surface area contributed by atoms with Crippen LogP contribution in [-0.4, -0.2) is 42.3 Å². The van der Waals surface area contributed by atoms with Gasteiger partial charge in [0, 0.05) is 24.4 Å². The number of rotatable bonds is 8. The highest BCUT2D eigenvalue weighted by Crippen LogP contribution is 2.44. The zero-order valence-corrected chi connectivity index (χ0v) is 19.5. The molecule has 2 aromatic rings. The molecule has 4 rings (SSSR count). The number of benzene rings is 2. The summed E-state index contributed by atoms with van der Waals surface area (Å²) < 4.78 is 5.62. The number of ether oxygens (including phenoxy) is 1. The predicted octanol–water partition coefficient (Wildman–Crippen LogP) is 4.31. The first kappa shape index (κ1) is 23.8. The molecule has 1 fully saturated rings. The van der Waals surface area contributed by atoms with Gasteiger partial charge in [-0.1, -0.05) is 61.4 Å². The van der Waals surface area contributed by atoms with Crippen molar-refractivity contribution in [3.63, 3.8) is 0 Å². The second-order valence-corrected chi connectivity index (χ2v) is 9.36. The lowest BCUT2D eigenvalue weighted by Crippen LogP contribution is -2.44. The van der Waals surface area contributed by atoms with Crippen molar-refractivity contribution < 1.29 is 24.2 Å². The molecule has 0 aliphatic heterocycles. The molecule has 0 heterocycles. The van der Waals surface area contributed by atoms with Gasteiger partial charge in [0.25, 0.3) is 0 Å². The highest BCUT2D eigenvalue weighted by Gasteiger charge is 2.33. The summed E-state index contributed by atoms with van der Waals surface area (Å²) in [4.78, 5) is 36.2. The second kappa shape index (κ2) is 10.7. The van der Waals surface area contributed by atoms with Crippen LogP contribution < -0.4 is 10.6 Å². The fourth-order valence-corrected chi connectivity index (χ4v) is 5.32. The Labute approximate surface area is 199 Å². The molecule has 0 bridgehead atoms. The summed E-state index contributed by atoms with van der Waals surface area (Å²) in [5.74, 6) is -1.30. The number of hydrogen-bond donors (Lipinski definition) is 3. The van der Waals surface area contributed by atoms with Crippen LogP contribution in [0.4, 0.5) is 4.79 Å². The Kier molecular flexibility index (Phi) is 7.50. The highest BCUT2D eigenvalue weighted by molar-refractivity contribution is 5.80. The molecule has 180 valence electrons. The molecule has 7 heteroatoms. The molecule has 0 radical (unpaired) electrons. The van der Waals surface area contributed by atoms with Crippen LogP contribution in [0.3, 0.4) is 0 Å². The van der Waals surface area contributed by atoms with Gasteiger partial charge in [0.1, 0.15) is 6.61 Å². The Morgan fingerprint density at radius 3 is 2.26 bits per heavy atom. The molecule has 0 saturated heterocycles. The lowest BCUT2D eigenvalue weighted by atomic mass is 9.78. The monoisotopic (exact) mass is 464 g/mol. The summed E-state index contributed by atoms with van der Waals surface area (Å²) in [5, 5.41) is 14.6. The van der Waals surface area contributed by atoms with E-state index < -0.39 is 18.1 Å². The molecular weight excluding hydrogens is 432 g/mol. The smallest absolute Gasteiger partial charge is 0.407 e. The minimum absolute atomic E-state index is 0.00193. The van der Waals surface area contributed by atoms with Gasteiger partial charge in [0.05, 0.1) is 6.42 Å². The van der Waals surface area contributed by atoms with Crippen molar-refractivity contribution in [1.82, 2.24) is 10.6 Å². The number of hydrogen-bond acceptors (Lipinski definition) is 4. The van der Waals surface area contributed by atoms with Gasteiger partial charge in [-0.05, 0) is 47.9 Å². The maximum Gasteiger partial charge on any atom is 0.407 e. The summed E-state index contributed by atoms with van der Waals surface area (Å²) >= 11 is 0. The Bertz CT molecular complexity index is 1010. The maximum absolute atomic E-state index is 12.7. The van der Waals surface area contributed by atoms with E-state index in [4.69, 9.17) is 9.84 Å². The topological polar surface area (TPSA) is 105 Å². The molecule has 0 unspecified atom stereocenters. The molecular formula is C27H32N2O5. The number of carboxylic acid groups (broad SMARTS) is 1. The summed E-state index contributed by atoms with van der Waals surface area (Å²) in [6, 6.07) is 16.0. The Hall–Kier alpha value is -3.35. The minimum Gasteiger partial charge on any atom is -0.481 e. The van der Waals surface area contributed by atoms with Gasteiger partial charge in [0.2, 0.25) is 5.91 Å². The third-order valence-corrected chi connectivity index (χ3v) is 6.97. The van der Waals surface area contributed by atoms with Crippen LogP contribution >= 0.6 is 0 Å². The first-order valence-corrected chi connectivity index (χ1v) is 12.0. The third kappa shape index (κ3) is 5.41. The van der Waals surface area contributed by atoms with E-state index in [0.717, 1.165) is 36.8 Å². The van der Waals surface area contributed by atoms with E-state index in [1.807, 2.05) is 24.3 Å². The minimum atomic E-state index is -0.940. The highest BCUT2D eigenvalue weighted by atomic mass is 16.5. The molecule has 2 aliphatic rings. The first-order valence-electron chi connectivity index (χ1n) is 12.0. The Morgan fingerprint density at radius 1 is 1.00 bits per heavy atom. The van der Waals surface area contributed by atoms with E-state index in [9.17, 15) is 14.4 Å². The number of amides is 2. The largest absolute Gasteiger partial charge is 0.481 e. The summed E-state index contributed by atoms with van der Waals surface area (Å²) in [6.07, 6.45) is 2.95. The van der Waals surface area contributed by atoms with E-state index in [0.29, 0.717) is 6.54 Å². The number of alkyl carbamates (subject to hydrolysis) is 1. The number of nitrogens with one attached hydrogen (secondary N) is 2. The molecule has 0 aromatic heterocycles. The molecule has 2 aromatic carbocycles. The van der Waals surface area contributed by atoms with Crippen molar-refractivity contribution >= 4 is 18.0 Å². The average Bonchev–Trinajstić information content (AvgIpc) is 3.14. The van der Waals surface area contributed by atoms with Gasteiger partial charge in [-0.25, -0.2) is 4.79 Å².